The van der Waals surface area contributed by atoms with E-state index < -0.39 is 23.2 Å². The normalized spacial score (nSPS) is 10.7. The summed E-state index contributed by atoms with van der Waals surface area (Å²) in [5.41, 5.74) is -0.651. The minimum absolute atomic E-state index is 0.260. The van der Waals surface area contributed by atoms with Crippen LogP contribution in [0.1, 0.15) is 37.0 Å². The van der Waals surface area contributed by atoms with E-state index in [0.29, 0.717) is 12.5 Å². The lowest BCUT2D eigenvalue weighted by atomic mass is 10.1. The van der Waals surface area contributed by atoms with Crippen LogP contribution in [0.25, 0.3) is 0 Å². The van der Waals surface area contributed by atoms with Gasteiger partial charge >= 0.3 is 5.97 Å². The Kier molecular flexibility index (Phi) is 5.07. The molecule has 0 atom stereocenters. The molecule has 0 unspecified atom stereocenters. The zero-order valence-corrected chi connectivity index (χ0v) is 10.5. The fraction of sp³-hybridized carbons (Fsp3) is 0.462. The van der Waals surface area contributed by atoms with Gasteiger partial charge in [0.05, 0.1) is 5.56 Å². The first-order chi connectivity index (χ1) is 8.41. The highest BCUT2D eigenvalue weighted by Gasteiger charge is 2.14. The van der Waals surface area contributed by atoms with E-state index in [1.54, 1.807) is 0 Å². The van der Waals surface area contributed by atoms with Gasteiger partial charge in [-0.25, -0.2) is 13.6 Å². The van der Waals surface area contributed by atoms with E-state index in [1.807, 2.05) is 0 Å². The Hall–Kier alpha value is -1.65. The van der Waals surface area contributed by atoms with Gasteiger partial charge in [-0.05, 0) is 30.9 Å². The van der Waals surface area contributed by atoms with E-state index in [-0.39, 0.29) is 5.69 Å². The minimum Gasteiger partial charge on any atom is -0.478 e. The number of rotatable bonds is 6. The Morgan fingerprint density at radius 3 is 2.33 bits per heavy atom. The molecule has 2 N–H and O–H groups in total. The van der Waals surface area contributed by atoms with Gasteiger partial charge in [-0.1, -0.05) is 13.8 Å². The summed E-state index contributed by atoms with van der Waals surface area (Å²) in [6.45, 7) is 4.60. The minimum atomic E-state index is -1.35. The molecule has 0 fully saturated rings. The topological polar surface area (TPSA) is 49.3 Å². The molecule has 0 aromatic heterocycles. The van der Waals surface area contributed by atoms with Gasteiger partial charge < -0.3 is 10.4 Å². The van der Waals surface area contributed by atoms with Crippen LogP contribution < -0.4 is 5.32 Å². The number of hydrogen-bond donors (Lipinski definition) is 2. The zero-order chi connectivity index (χ0) is 13.7. The van der Waals surface area contributed by atoms with Crippen molar-refractivity contribution in [2.45, 2.75) is 26.7 Å². The van der Waals surface area contributed by atoms with Gasteiger partial charge in [-0.2, -0.15) is 0 Å². The molecule has 0 saturated carbocycles. The van der Waals surface area contributed by atoms with Crippen LogP contribution >= 0.6 is 0 Å². The number of benzene rings is 1. The van der Waals surface area contributed by atoms with E-state index in [1.165, 1.54) is 0 Å². The SMILES string of the molecule is CC(C)CCCNc1c(F)cc(C(=O)O)cc1F. The van der Waals surface area contributed by atoms with E-state index in [2.05, 4.69) is 19.2 Å². The van der Waals surface area contributed by atoms with E-state index in [4.69, 9.17) is 5.11 Å². The first kappa shape index (κ1) is 14.4. The molecule has 100 valence electrons. The predicted molar refractivity (Wildman–Crippen MR) is 65.9 cm³/mol. The summed E-state index contributed by atoms with van der Waals surface area (Å²) in [5.74, 6) is -2.57. The molecule has 0 aliphatic rings. The third kappa shape index (κ3) is 3.98. The Bertz CT molecular complexity index is 410. The number of nitrogens with one attached hydrogen (secondary N) is 1. The maximum atomic E-state index is 13.5. The summed E-state index contributed by atoms with van der Waals surface area (Å²) in [7, 11) is 0. The lowest BCUT2D eigenvalue weighted by Crippen LogP contribution is -2.08. The maximum Gasteiger partial charge on any atom is 0.335 e. The van der Waals surface area contributed by atoms with Crippen LogP contribution in [0, 0.1) is 17.6 Å². The lowest BCUT2D eigenvalue weighted by molar-refractivity contribution is 0.0696. The van der Waals surface area contributed by atoms with Gasteiger partial charge in [-0.15, -0.1) is 0 Å². The molecule has 0 aliphatic carbocycles. The highest BCUT2D eigenvalue weighted by molar-refractivity contribution is 5.88. The van der Waals surface area contributed by atoms with Crippen molar-refractivity contribution in [2.24, 2.45) is 5.92 Å². The molecule has 0 heterocycles. The molecule has 5 heteroatoms. The largest absolute Gasteiger partial charge is 0.478 e. The Balaban J connectivity index is 2.69. The van der Waals surface area contributed by atoms with Crippen LogP contribution in [0.5, 0.6) is 0 Å². The number of carboxylic acids is 1. The Labute approximate surface area is 105 Å². The zero-order valence-electron chi connectivity index (χ0n) is 10.5. The average molecular weight is 257 g/mol. The molecule has 0 spiro atoms. The molecule has 0 amide bonds. The summed E-state index contributed by atoms with van der Waals surface area (Å²) in [6, 6.07) is 1.63. The average Bonchev–Trinajstić information content (AvgIpc) is 2.26. The van der Waals surface area contributed by atoms with Crippen LogP contribution in [0.15, 0.2) is 12.1 Å². The predicted octanol–water partition coefficient (Wildman–Crippen LogP) is 3.51. The van der Waals surface area contributed by atoms with Crippen molar-refractivity contribution in [2.75, 3.05) is 11.9 Å². The van der Waals surface area contributed by atoms with Gasteiger partial charge in [0.15, 0.2) is 0 Å². The van der Waals surface area contributed by atoms with Gasteiger partial charge in [0.2, 0.25) is 0 Å². The molecule has 0 aliphatic heterocycles. The fourth-order valence-corrected chi connectivity index (χ4v) is 1.59. The molecular weight excluding hydrogens is 240 g/mol. The Morgan fingerprint density at radius 1 is 1.33 bits per heavy atom. The summed E-state index contributed by atoms with van der Waals surface area (Å²) in [4.78, 5) is 10.6. The van der Waals surface area contributed by atoms with Crippen molar-refractivity contribution in [3.8, 4) is 0 Å². The van der Waals surface area contributed by atoms with Gasteiger partial charge in [0.25, 0.3) is 0 Å². The van der Waals surface area contributed by atoms with Crippen LogP contribution in [-0.2, 0) is 0 Å². The first-order valence-electron chi connectivity index (χ1n) is 5.88. The fourth-order valence-electron chi connectivity index (χ4n) is 1.59. The van der Waals surface area contributed by atoms with Gasteiger partial charge in [0, 0.05) is 6.54 Å². The van der Waals surface area contributed by atoms with E-state index in [9.17, 15) is 13.6 Å². The number of hydrogen-bond acceptors (Lipinski definition) is 2. The first-order valence-corrected chi connectivity index (χ1v) is 5.88. The smallest absolute Gasteiger partial charge is 0.335 e. The van der Waals surface area contributed by atoms with Crippen LogP contribution in [0.2, 0.25) is 0 Å². The monoisotopic (exact) mass is 257 g/mol. The van der Waals surface area contributed by atoms with Crippen molar-refractivity contribution in [1.82, 2.24) is 0 Å². The van der Waals surface area contributed by atoms with Crippen molar-refractivity contribution in [3.63, 3.8) is 0 Å². The quantitative estimate of drug-likeness (QED) is 0.767. The molecular formula is C13H17F2NO2. The number of aromatic carboxylic acids is 1. The molecule has 0 saturated heterocycles. The van der Waals surface area contributed by atoms with Gasteiger partial charge in [-0.3, -0.25) is 0 Å². The Morgan fingerprint density at radius 2 is 1.89 bits per heavy atom. The van der Waals surface area contributed by atoms with Crippen LogP contribution in [-0.4, -0.2) is 17.6 Å². The lowest BCUT2D eigenvalue weighted by Gasteiger charge is -2.10. The number of anilines is 1. The summed E-state index contributed by atoms with van der Waals surface area (Å²) < 4.78 is 27.0. The van der Waals surface area contributed by atoms with Crippen LogP contribution in [0.3, 0.4) is 0 Å². The second kappa shape index (κ2) is 6.33. The van der Waals surface area contributed by atoms with Gasteiger partial charge in [0.1, 0.15) is 17.3 Å². The molecule has 3 nitrogen and oxygen atoms in total. The third-order valence-electron chi connectivity index (χ3n) is 2.55. The van der Waals surface area contributed by atoms with E-state index in [0.717, 1.165) is 25.0 Å². The highest BCUT2D eigenvalue weighted by atomic mass is 19.1. The number of carboxylic acid groups (broad SMARTS) is 1. The number of halogens is 2. The highest BCUT2D eigenvalue weighted by Crippen LogP contribution is 2.21. The second-order valence-corrected chi connectivity index (χ2v) is 4.58. The summed E-state index contributed by atoms with van der Waals surface area (Å²) in [5, 5.41) is 11.3. The maximum absolute atomic E-state index is 13.5. The second-order valence-electron chi connectivity index (χ2n) is 4.58. The van der Waals surface area contributed by atoms with Crippen molar-refractivity contribution >= 4 is 11.7 Å². The molecule has 1 aromatic carbocycles. The van der Waals surface area contributed by atoms with Crippen molar-refractivity contribution in [1.29, 1.82) is 0 Å². The molecule has 1 aromatic rings. The molecule has 18 heavy (non-hydrogen) atoms. The van der Waals surface area contributed by atoms with Crippen molar-refractivity contribution < 1.29 is 18.7 Å². The summed E-state index contributed by atoms with van der Waals surface area (Å²) >= 11 is 0. The standard InChI is InChI=1S/C13H17F2NO2/c1-8(2)4-3-5-16-12-10(14)6-9(13(17)18)7-11(12)15/h6-8,16H,3-5H2,1-2H3,(H,17,18). The summed E-state index contributed by atoms with van der Waals surface area (Å²) in [6.07, 6.45) is 1.76. The molecule has 1 rings (SSSR count). The number of carbonyl (C=O) groups is 1. The van der Waals surface area contributed by atoms with E-state index >= 15 is 0 Å². The third-order valence-corrected chi connectivity index (χ3v) is 2.55. The molecule has 0 bridgehead atoms. The van der Waals surface area contributed by atoms with Crippen molar-refractivity contribution in [3.05, 3.63) is 29.3 Å². The van der Waals surface area contributed by atoms with Crippen LogP contribution in [0.4, 0.5) is 14.5 Å². The molecule has 0 radical (unpaired) electrons.